The van der Waals surface area contributed by atoms with Crippen LogP contribution in [-0.4, -0.2) is 253 Å². The number of benzene rings is 1. The van der Waals surface area contributed by atoms with Crippen molar-refractivity contribution in [2.24, 2.45) is 10.8 Å². The van der Waals surface area contributed by atoms with Gasteiger partial charge in [-0.15, -0.1) is 0 Å². The van der Waals surface area contributed by atoms with Crippen molar-refractivity contribution in [3.05, 3.63) is 66.3 Å². The molecule has 1 aromatic carbocycles. The zero-order valence-electron chi connectivity index (χ0n) is 68.4. The topological polar surface area (TPSA) is 337 Å². The highest BCUT2D eigenvalue weighted by Crippen LogP contribution is 2.22. The van der Waals surface area contributed by atoms with Crippen molar-refractivity contribution in [2.45, 2.75) is 245 Å². The molecular formula is C76H125N12O18S-. The maximum absolute atomic E-state index is 14.6. The van der Waals surface area contributed by atoms with Gasteiger partial charge in [0.25, 0.3) is 0 Å². The summed E-state index contributed by atoms with van der Waals surface area (Å²) in [4.78, 5) is 158. The molecule has 2 aromatic heterocycles. The Kier molecular flexibility index (Phi) is 35.4. The van der Waals surface area contributed by atoms with Crippen molar-refractivity contribution in [1.82, 2.24) is 53.4 Å². The molecule has 1 atom stereocenters. The van der Waals surface area contributed by atoms with Gasteiger partial charge in [-0.2, -0.15) is 0 Å². The Morgan fingerprint density at radius 2 is 0.664 bits per heavy atom. The SMILES string of the molecule is CC(C)(C)CN(CC(=O)OC(C)(C)C)C(=O)CN(CCCn1ccnc1CN(CCc1ccc(NS(=O)[O-])cc1)Cc1nccn1CCCN(CC(=O)N(CC(=O)OC(C)(C)C)CC(=O)OC(C)(C)C)CC(=O)N(CC(=O)OC(C)(C)C)CC(C)(C)C)CC(=O)N(CC(=O)OC(C)(C)C)CC(=O)OC(C)(C)C. The highest BCUT2D eigenvalue weighted by atomic mass is 32.2. The Hall–Kier alpha value is -7.87. The van der Waals surface area contributed by atoms with Gasteiger partial charge in [-0.05, 0) is 172 Å². The van der Waals surface area contributed by atoms with Crippen molar-refractivity contribution in [3.63, 3.8) is 0 Å². The summed E-state index contributed by atoms with van der Waals surface area (Å²) in [7, 11) is 0. The van der Waals surface area contributed by atoms with Gasteiger partial charge < -0.3 is 66.4 Å². The summed E-state index contributed by atoms with van der Waals surface area (Å²) < 4.78 is 62.8. The second-order valence-electron chi connectivity index (χ2n) is 35.3. The summed E-state index contributed by atoms with van der Waals surface area (Å²) in [5.41, 5.74) is -5.02. The molecule has 604 valence electrons. The summed E-state index contributed by atoms with van der Waals surface area (Å²) in [6.45, 7) is 39.6. The van der Waals surface area contributed by atoms with Crippen LogP contribution in [0.25, 0.3) is 0 Å². The number of carbonyl (C=O) groups excluding carboxylic acids is 10. The Morgan fingerprint density at radius 3 is 0.925 bits per heavy atom. The highest BCUT2D eigenvalue weighted by molar-refractivity contribution is 7.80. The van der Waals surface area contributed by atoms with Crippen LogP contribution in [0.1, 0.15) is 196 Å². The molecule has 107 heavy (non-hydrogen) atoms. The van der Waals surface area contributed by atoms with E-state index >= 15 is 0 Å². The average molecular weight is 1530 g/mol. The number of imidazole rings is 2. The van der Waals surface area contributed by atoms with E-state index in [2.05, 4.69) is 9.62 Å². The fourth-order valence-electron chi connectivity index (χ4n) is 10.9. The van der Waals surface area contributed by atoms with E-state index in [0.717, 1.165) is 15.4 Å². The zero-order valence-corrected chi connectivity index (χ0v) is 69.2. The quantitative estimate of drug-likeness (QED) is 0.0331. The normalized spacial score (nSPS) is 12.9. The van der Waals surface area contributed by atoms with E-state index in [-0.39, 0.29) is 65.4 Å². The Bertz CT molecular complexity index is 3190. The van der Waals surface area contributed by atoms with Gasteiger partial charge in [-0.1, -0.05) is 53.7 Å². The lowest BCUT2D eigenvalue weighted by atomic mass is 9.96. The minimum absolute atomic E-state index is 0.126. The molecule has 0 aliphatic heterocycles. The van der Waals surface area contributed by atoms with Gasteiger partial charge in [0, 0.05) is 87.6 Å². The van der Waals surface area contributed by atoms with Crippen LogP contribution in [0.4, 0.5) is 5.69 Å². The van der Waals surface area contributed by atoms with Crippen molar-refractivity contribution in [1.29, 1.82) is 0 Å². The summed E-state index contributed by atoms with van der Waals surface area (Å²) in [6.07, 6.45) is 8.11. The molecule has 0 aliphatic rings. The highest BCUT2D eigenvalue weighted by Gasteiger charge is 2.34. The van der Waals surface area contributed by atoms with Gasteiger partial charge in [-0.3, -0.25) is 66.9 Å². The first-order valence-electron chi connectivity index (χ1n) is 36.4. The molecule has 0 fully saturated rings. The second-order valence-corrected chi connectivity index (χ2v) is 36.0. The van der Waals surface area contributed by atoms with Crippen molar-refractivity contribution < 1.29 is 85.1 Å². The third-order valence-electron chi connectivity index (χ3n) is 14.6. The summed E-state index contributed by atoms with van der Waals surface area (Å²) in [6, 6.07) is 6.96. The standard InChI is InChI=1S/C76H126N12O18S/c1-69(2,3)53-87(51-67(97)105-75(19,20)21)61(91)45-80(43-59(89)85(47-63(93)101-71(7,8)9)48-64(94)102-72(10,11)12)34-25-36-83-39-32-77-57(83)41-82(38-31-55-27-29-56(30-28-55)79-107(99)100)42-58-78-33-40-84(58)37-26-35-81(46-62(92)88(54-70(4,5)6)52-68(98)106-76(22,23)24)44-60(90)86(49-65(95)103-73(13,14)15)50-66(96)104-74(16,17)18/h27-30,32-33,39-40,79H,25-26,31,34-38,41-54H2,1-24H3,(H,99,100)/p-1. The van der Waals surface area contributed by atoms with E-state index in [1.807, 2.05) is 75.2 Å². The molecule has 30 nitrogen and oxygen atoms in total. The lowest BCUT2D eigenvalue weighted by Crippen LogP contribution is -2.50. The predicted octanol–water partition coefficient (Wildman–Crippen LogP) is 7.37. The van der Waals surface area contributed by atoms with Crippen LogP contribution in [0.15, 0.2) is 49.1 Å². The molecular weight excluding hydrogens is 1400 g/mol. The molecule has 31 heteroatoms. The average Bonchev–Trinajstić information content (AvgIpc) is 1.85. The first-order valence-corrected chi connectivity index (χ1v) is 37.5. The van der Waals surface area contributed by atoms with Crippen LogP contribution in [0.2, 0.25) is 0 Å². The zero-order chi connectivity index (χ0) is 81.4. The summed E-state index contributed by atoms with van der Waals surface area (Å²) in [5, 5.41) is 0. The number of nitrogens with one attached hydrogen (secondary N) is 1. The van der Waals surface area contributed by atoms with E-state index in [4.69, 9.17) is 38.4 Å². The summed E-state index contributed by atoms with van der Waals surface area (Å²) >= 11 is -2.54. The lowest BCUT2D eigenvalue weighted by molar-refractivity contribution is -0.165. The van der Waals surface area contributed by atoms with E-state index in [0.29, 0.717) is 56.2 Å². The third-order valence-corrected chi connectivity index (χ3v) is 15.0. The molecule has 0 spiro atoms. The molecule has 0 saturated carbocycles. The number of aromatic nitrogens is 4. The molecule has 3 aromatic rings. The largest absolute Gasteiger partial charge is 0.755 e. The number of anilines is 1. The van der Waals surface area contributed by atoms with Gasteiger partial charge in [0.05, 0.1) is 39.3 Å². The lowest BCUT2D eigenvalue weighted by Gasteiger charge is -2.33. The van der Waals surface area contributed by atoms with Crippen LogP contribution in [-0.2, 0) is 120 Å². The number of rotatable bonds is 39. The Balaban J connectivity index is 2.11. The van der Waals surface area contributed by atoms with Crippen LogP contribution in [0, 0.1) is 10.8 Å². The fourth-order valence-corrected chi connectivity index (χ4v) is 11.2. The van der Waals surface area contributed by atoms with E-state index in [1.165, 1.54) is 9.80 Å². The van der Waals surface area contributed by atoms with Gasteiger partial charge in [0.2, 0.25) is 23.6 Å². The molecule has 1 N–H and O–H groups in total. The summed E-state index contributed by atoms with van der Waals surface area (Å²) in [5.74, 6) is -5.30. The molecule has 4 amide bonds. The molecule has 2 heterocycles. The molecule has 1 unspecified atom stereocenters. The van der Waals surface area contributed by atoms with Crippen molar-refractivity contribution in [2.75, 3.05) is 103 Å². The van der Waals surface area contributed by atoms with Crippen molar-refractivity contribution >= 4 is 76.4 Å². The first kappa shape index (κ1) is 93.3. The van der Waals surface area contributed by atoms with Gasteiger partial charge >= 0.3 is 35.8 Å². The van der Waals surface area contributed by atoms with Gasteiger partial charge in [0.15, 0.2) is 0 Å². The maximum atomic E-state index is 14.6. The number of ether oxygens (including phenoxy) is 6. The Labute approximate surface area is 637 Å². The first-order chi connectivity index (χ1) is 48.9. The van der Waals surface area contributed by atoms with Gasteiger partial charge in [0.1, 0.15) is 84.5 Å². The molecule has 0 saturated heterocycles. The van der Waals surface area contributed by atoms with E-state index in [1.54, 1.807) is 159 Å². The second kappa shape index (κ2) is 40.5. The smallest absolute Gasteiger partial charge is 0.326 e. The number of esters is 6. The number of carbonyl (C=O) groups is 10. The minimum atomic E-state index is -2.54. The molecule has 0 aliphatic carbocycles. The number of hydrogen-bond donors (Lipinski definition) is 1. The fraction of sp³-hybridized carbons (Fsp3) is 0.711. The molecule has 0 radical (unpaired) electrons. The molecule has 3 rings (SSSR count). The monoisotopic (exact) mass is 1530 g/mol. The predicted molar refractivity (Wildman–Crippen MR) is 404 cm³/mol. The van der Waals surface area contributed by atoms with Crippen LogP contribution in [0.3, 0.4) is 0 Å². The number of hydrogen-bond acceptors (Lipinski definition) is 23. The van der Waals surface area contributed by atoms with Gasteiger partial charge in [-0.25, -0.2) is 9.97 Å². The number of nitrogens with zero attached hydrogens (tertiary/aromatic N) is 11. The van der Waals surface area contributed by atoms with Crippen LogP contribution >= 0.6 is 0 Å². The third kappa shape index (κ3) is 41.9. The Morgan fingerprint density at radius 1 is 0.393 bits per heavy atom. The minimum Gasteiger partial charge on any atom is -0.755 e. The number of amides is 4. The van der Waals surface area contributed by atoms with Crippen LogP contribution in [0.5, 0.6) is 0 Å². The van der Waals surface area contributed by atoms with Crippen molar-refractivity contribution in [3.8, 4) is 0 Å². The van der Waals surface area contributed by atoms with E-state index < -0.39 is 154 Å². The molecule has 0 bridgehead atoms. The van der Waals surface area contributed by atoms with E-state index in [9.17, 15) is 56.7 Å². The maximum Gasteiger partial charge on any atom is 0.326 e. The number of aryl methyl sites for hydroxylation is 2. The van der Waals surface area contributed by atoms with Crippen LogP contribution < -0.4 is 4.72 Å².